The van der Waals surface area contributed by atoms with Gasteiger partial charge >= 0.3 is 5.97 Å². The Morgan fingerprint density at radius 1 is 1.32 bits per heavy atom. The SMILES string of the molecule is Cc1oc(CNC(=O)c2cccc3c2OC(C)C(=O)N3)cc1C(=O)O. The predicted octanol–water partition coefficient (Wildman–Crippen LogP) is 1.94. The van der Waals surface area contributed by atoms with E-state index in [2.05, 4.69) is 10.6 Å². The lowest BCUT2D eigenvalue weighted by Crippen LogP contribution is -2.35. The van der Waals surface area contributed by atoms with Gasteiger partial charge in [0.15, 0.2) is 11.9 Å². The van der Waals surface area contributed by atoms with Crippen LogP contribution in [-0.4, -0.2) is 29.0 Å². The summed E-state index contributed by atoms with van der Waals surface area (Å²) in [5.41, 5.74) is 0.755. The quantitative estimate of drug-likeness (QED) is 0.780. The molecule has 0 bridgehead atoms. The number of nitrogens with one attached hydrogen (secondary N) is 2. The topological polar surface area (TPSA) is 118 Å². The number of aryl methyl sites for hydroxylation is 1. The van der Waals surface area contributed by atoms with E-state index in [1.807, 2.05) is 0 Å². The van der Waals surface area contributed by atoms with Gasteiger partial charge in [0.1, 0.15) is 17.1 Å². The molecule has 130 valence electrons. The highest BCUT2D eigenvalue weighted by atomic mass is 16.5. The van der Waals surface area contributed by atoms with Crippen LogP contribution >= 0.6 is 0 Å². The zero-order valence-electron chi connectivity index (χ0n) is 13.6. The van der Waals surface area contributed by atoms with Crippen molar-refractivity contribution < 1.29 is 28.6 Å². The number of hydrogen-bond donors (Lipinski definition) is 3. The molecule has 25 heavy (non-hydrogen) atoms. The number of carbonyl (C=O) groups excluding carboxylic acids is 2. The summed E-state index contributed by atoms with van der Waals surface area (Å²) >= 11 is 0. The molecule has 1 aromatic heterocycles. The third-order valence-electron chi connectivity index (χ3n) is 3.80. The van der Waals surface area contributed by atoms with Crippen molar-refractivity contribution in [1.29, 1.82) is 0 Å². The maximum absolute atomic E-state index is 12.4. The van der Waals surface area contributed by atoms with Crippen molar-refractivity contribution in [3.8, 4) is 5.75 Å². The monoisotopic (exact) mass is 344 g/mol. The molecule has 2 aromatic rings. The van der Waals surface area contributed by atoms with E-state index >= 15 is 0 Å². The number of furan rings is 1. The molecule has 8 nitrogen and oxygen atoms in total. The molecule has 3 rings (SSSR count). The van der Waals surface area contributed by atoms with Gasteiger partial charge in [-0.1, -0.05) is 6.07 Å². The summed E-state index contributed by atoms with van der Waals surface area (Å²) in [6, 6.07) is 6.23. The third-order valence-corrected chi connectivity index (χ3v) is 3.80. The summed E-state index contributed by atoms with van der Waals surface area (Å²) in [7, 11) is 0. The van der Waals surface area contributed by atoms with Crippen LogP contribution in [0.2, 0.25) is 0 Å². The molecule has 0 saturated carbocycles. The van der Waals surface area contributed by atoms with Crippen LogP contribution in [0, 0.1) is 6.92 Å². The van der Waals surface area contributed by atoms with E-state index in [1.54, 1.807) is 32.0 Å². The summed E-state index contributed by atoms with van der Waals surface area (Å²) in [6.45, 7) is 3.16. The number of benzene rings is 1. The molecular formula is C17H16N2O6. The largest absolute Gasteiger partial charge is 0.478 e. The van der Waals surface area contributed by atoms with Gasteiger partial charge in [0.05, 0.1) is 17.8 Å². The van der Waals surface area contributed by atoms with Gasteiger partial charge in [-0.05, 0) is 32.0 Å². The van der Waals surface area contributed by atoms with E-state index in [-0.39, 0.29) is 29.3 Å². The fourth-order valence-electron chi connectivity index (χ4n) is 2.51. The average Bonchev–Trinajstić information content (AvgIpc) is 2.94. The van der Waals surface area contributed by atoms with Crippen molar-refractivity contribution in [3.05, 3.63) is 46.9 Å². The van der Waals surface area contributed by atoms with E-state index in [0.29, 0.717) is 17.2 Å². The Morgan fingerprint density at radius 2 is 2.08 bits per heavy atom. The van der Waals surface area contributed by atoms with Crippen molar-refractivity contribution >= 4 is 23.5 Å². The molecule has 0 aliphatic carbocycles. The van der Waals surface area contributed by atoms with Crippen LogP contribution in [0.1, 0.15) is 39.2 Å². The van der Waals surface area contributed by atoms with Gasteiger partial charge in [-0.3, -0.25) is 9.59 Å². The van der Waals surface area contributed by atoms with Crippen molar-refractivity contribution in [1.82, 2.24) is 5.32 Å². The minimum absolute atomic E-state index is 0.0263. The minimum atomic E-state index is -1.09. The van der Waals surface area contributed by atoms with Gasteiger partial charge in [-0.15, -0.1) is 0 Å². The number of carboxylic acids is 1. The molecular weight excluding hydrogens is 328 g/mol. The normalized spacial score (nSPS) is 15.8. The summed E-state index contributed by atoms with van der Waals surface area (Å²) < 4.78 is 10.9. The van der Waals surface area contributed by atoms with Crippen LogP contribution in [0.15, 0.2) is 28.7 Å². The zero-order valence-corrected chi connectivity index (χ0v) is 13.6. The van der Waals surface area contributed by atoms with Crippen LogP contribution in [0.3, 0.4) is 0 Å². The average molecular weight is 344 g/mol. The van der Waals surface area contributed by atoms with Crippen molar-refractivity contribution in [3.63, 3.8) is 0 Å². The van der Waals surface area contributed by atoms with Crippen LogP contribution < -0.4 is 15.4 Å². The smallest absolute Gasteiger partial charge is 0.339 e. The van der Waals surface area contributed by atoms with E-state index in [4.69, 9.17) is 14.3 Å². The molecule has 1 atom stereocenters. The second-order valence-corrected chi connectivity index (χ2v) is 5.60. The highest BCUT2D eigenvalue weighted by Gasteiger charge is 2.27. The molecule has 0 fully saturated rings. The number of carboxylic acid groups (broad SMARTS) is 1. The van der Waals surface area contributed by atoms with Crippen molar-refractivity contribution in [2.24, 2.45) is 0 Å². The summed E-state index contributed by atoms with van der Waals surface area (Å²) in [6.07, 6.45) is -0.702. The predicted molar refractivity (Wildman–Crippen MR) is 86.7 cm³/mol. The van der Waals surface area contributed by atoms with E-state index in [0.717, 1.165) is 0 Å². The number of ether oxygens (including phenoxy) is 1. The number of aromatic carboxylic acids is 1. The Morgan fingerprint density at radius 3 is 2.76 bits per heavy atom. The van der Waals surface area contributed by atoms with E-state index in [9.17, 15) is 14.4 Å². The summed E-state index contributed by atoms with van der Waals surface area (Å²) in [5, 5.41) is 14.3. The van der Waals surface area contributed by atoms with E-state index in [1.165, 1.54) is 6.07 Å². The van der Waals surface area contributed by atoms with Gasteiger partial charge < -0.3 is 24.9 Å². The number of carbonyl (C=O) groups is 3. The Bertz CT molecular complexity index is 870. The second-order valence-electron chi connectivity index (χ2n) is 5.60. The van der Waals surface area contributed by atoms with Gasteiger partial charge in [0.25, 0.3) is 11.8 Å². The lowest BCUT2D eigenvalue weighted by Gasteiger charge is -2.24. The maximum Gasteiger partial charge on any atom is 0.339 e. The van der Waals surface area contributed by atoms with Crippen LogP contribution in [0.25, 0.3) is 0 Å². The molecule has 0 radical (unpaired) electrons. The zero-order chi connectivity index (χ0) is 18.1. The number of anilines is 1. The first-order chi connectivity index (χ1) is 11.9. The first-order valence-electron chi connectivity index (χ1n) is 7.58. The minimum Gasteiger partial charge on any atom is -0.478 e. The molecule has 1 aliphatic heterocycles. The fraction of sp³-hybridized carbons (Fsp3) is 0.235. The molecule has 8 heteroatoms. The molecule has 3 N–H and O–H groups in total. The molecule has 0 saturated heterocycles. The van der Waals surface area contributed by atoms with Crippen LogP contribution in [0.4, 0.5) is 5.69 Å². The molecule has 2 amide bonds. The number of fused-ring (bicyclic) bond motifs is 1. The number of rotatable bonds is 4. The standard InChI is InChI=1S/C17H16N2O6/c1-8-12(17(22)23)6-10(24-8)7-18-16(21)11-4-3-5-13-14(11)25-9(2)15(20)19-13/h3-6,9H,7H2,1-2H3,(H,18,21)(H,19,20)(H,22,23). The second kappa shape index (κ2) is 6.31. The van der Waals surface area contributed by atoms with Gasteiger partial charge in [-0.25, -0.2) is 4.79 Å². The summed E-state index contributed by atoms with van der Waals surface area (Å²) in [5.74, 6) is -0.893. The molecule has 1 aliphatic rings. The molecule has 1 unspecified atom stereocenters. The maximum atomic E-state index is 12.4. The highest BCUT2D eigenvalue weighted by molar-refractivity contribution is 6.04. The Labute approximate surface area is 142 Å². The lowest BCUT2D eigenvalue weighted by atomic mass is 10.1. The van der Waals surface area contributed by atoms with Crippen LogP contribution in [0.5, 0.6) is 5.75 Å². The fourth-order valence-corrected chi connectivity index (χ4v) is 2.51. The first-order valence-corrected chi connectivity index (χ1v) is 7.58. The molecule has 0 spiro atoms. The Kier molecular flexibility index (Phi) is 4.18. The van der Waals surface area contributed by atoms with Gasteiger partial charge in [0.2, 0.25) is 0 Å². The van der Waals surface area contributed by atoms with Gasteiger partial charge in [-0.2, -0.15) is 0 Å². The highest BCUT2D eigenvalue weighted by Crippen LogP contribution is 2.33. The summed E-state index contributed by atoms with van der Waals surface area (Å²) in [4.78, 5) is 35.1. The first kappa shape index (κ1) is 16.6. The lowest BCUT2D eigenvalue weighted by molar-refractivity contribution is -0.122. The van der Waals surface area contributed by atoms with Crippen molar-refractivity contribution in [2.45, 2.75) is 26.5 Å². The Hall–Kier alpha value is -3.29. The third kappa shape index (κ3) is 3.18. The number of amides is 2. The van der Waals surface area contributed by atoms with E-state index < -0.39 is 18.0 Å². The number of para-hydroxylation sites is 1. The van der Waals surface area contributed by atoms with Crippen LogP contribution in [-0.2, 0) is 11.3 Å². The number of hydrogen-bond acceptors (Lipinski definition) is 5. The molecule has 1 aromatic carbocycles. The van der Waals surface area contributed by atoms with Gasteiger partial charge in [0, 0.05) is 0 Å². The molecule has 2 heterocycles. The Balaban J connectivity index is 1.76. The van der Waals surface area contributed by atoms with Crippen molar-refractivity contribution in [2.75, 3.05) is 5.32 Å².